The predicted octanol–water partition coefficient (Wildman–Crippen LogP) is 5.48. The Morgan fingerprint density at radius 2 is 2.04 bits per heavy atom. The van der Waals surface area contributed by atoms with Crippen molar-refractivity contribution in [2.75, 3.05) is 13.7 Å². The number of benzene rings is 2. The topological polar surface area (TPSA) is 74.5 Å². The smallest absolute Gasteiger partial charge is 0.295 e. The lowest BCUT2D eigenvalue weighted by Gasteiger charge is -2.12. The van der Waals surface area contributed by atoms with Crippen LogP contribution in [0.2, 0.25) is 0 Å². The quantitative estimate of drug-likeness (QED) is 0.383. The van der Waals surface area contributed by atoms with Crippen LogP contribution in [0.15, 0.2) is 46.9 Å². The van der Waals surface area contributed by atoms with E-state index < -0.39 is 4.92 Å². The lowest BCUT2D eigenvalue weighted by atomic mass is 10.1. The SMILES string of the molecule is CCOc1cc(/C=C/c2ccc3cccc([N+](=O)[O-])c3n2)cc(Br)c1OC. The first-order valence-corrected chi connectivity index (χ1v) is 9.05. The molecule has 0 saturated heterocycles. The lowest BCUT2D eigenvalue weighted by molar-refractivity contribution is -0.383. The van der Waals surface area contributed by atoms with E-state index in [9.17, 15) is 10.1 Å². The number of rotatable bonds is 6. The lowest BCUT2D eigenvalue weighted by Crippen LogP contribution is -1.96. The molecule has 0 N–H and O–H groups in total. The van der Waals surface area contributed by atoms with Gasteiger partial charge >= 0.3 is 0 Å². The van der Waals surface area contributed by atoms with Crippen molar-refractivity contribution in [2.45, 2.75) is 6.92 Å². The Kier molecular flexibility index (Phi) is 5.71. The fourth-order valence-electron chi connectivity index (χ4n) is 2.71. The van der Waals surface area contributed by atoms with Crippen LogP contribution < -0.4 is 9.47 Å². The number of fused-ring (bicyclic) bond motifs is 1. The average Bonchev–Trinajstić information content (AvgIpc) is 2.65. The van der Waals surface area contributed by atoms with Gasteiger partial charge < -0.3 is 9.47 Å². The Morgan fingerprint density at radius 1 is 1.22 bits per heavy atom. The molecule has 1 heterocycles. The van der Waals surface area contributed by atoms with Crippen LogP contribution in [-0.4, -0.2) is 23.6 Å². The highest BCUT2D eigenvalue weighted by atomic mass is 79.9. The van der Waals surface area contributed by atoms with E-state index in [1.807, 2.05) is 37.3 Å². The van der Waals surface area contributed by atoms with Crippen LogP contribution >= 0.6 is 15.9 Å². The first-order chi connectivity index (χ1) is 13.0. The van der Waals surface area contributed by atoms with E-state index in [1.165, 1.54) is 6.07 Å². The number of ether oxygens (including phenoxy) is 2. The number of aromatic nitrogens is 1. The van der Waals surface area contributed by atoms with Gasteiger partial charge in [-0.1, -0.05) is 24.3 Å². The molecule has 27 heavy (non-hydrogen) atoms. The molecule has 0 aliphatic carbocycles. The minimum Gasteiger partial charge on any atom is -0.492 e. The molecule has 0 aliphatic rings. The number of nitro groups is 1. The molecule has 0 atom stereocenters. The normalized spacial score (nSPS) is 11.1. The molecular formula is C20H17BrN2O4. The number of halogens is 1. The molecule has 3 aromatic rings. The molecule has 0 spiro atoms. The summed E-state index contributed by atoms with van der Waals surface area (Å²) in [4.78, 5) is 15.2. The number of nitrogens with zero attached hydrogens (tertiary/aromatic N) is 2. The first kappa shape index (κ1) is 18.8. The molecular weight excluding hydrogens is 412 g/mol. The molecule has 0 fully saturated rings. The minimum absolute atomic E-state index is 0.00595. The van der Waals surface area contributed by atoms with Crippen LogP contribution in [0.25, 0.3) is 23.1 Å². The van der Waals surface area contributed by atoms with Crippen molar-refractivity contribution >= 4 is 44.7 Å². The molecule has 2 aromatic carbocycles. The van der Waals surface area contributed by atoms with Crippen molar-refractivity contribution in [3.8, 4) is 11.5 Å². The highest BCUT2D eigenvalue weighted by Gasteiger charge is 2.13. The van der Waals surface area contributed by atoms with Gasteiger partial charge in [0.25, 0.3) is 5.69 Å². The maximum atomic E-state index is 11.2. The summed E-state index contributed by atoms with van der Waals surface area (Å²) in [6, 6.07) is 12.3. The molecule has 138 valence electrons. The summed E-state index contributed by atoms with van der Waals surface area (Å²) < 4.78 is 11.8. The van der Waals surface area contributed by atoms with Gasteiger partial charge in [0.2, 0.25) is 0 Å². The Balaban J connectivity index is 1.98. The van der Waals surface area contributed by atoms with Gasteiger partial charge in [-0.25, -0.2) is 4.98 Å². The number of para-hydroxylation sites is 1. The van der Waals surface area contributed by atoms with E-state index in [0.29, 0.717) is 29.3 Å². The van der Waals surface area contributed by atoms with Gasteiger partial charge in [0.05, 0.1) is 28.8 Å². The van der Waals surface area contributed by atoms with E-state index in [4.69, 9.17) is 9.47 Å². The van der Waals surface area contributed by atoms with Crippen molar-refractivity contribution in [1.82, 2.24) is 4.98 Å². The fourth-order valence-corrected chi connectivity index (χ4v) is 3.34. The number of hydrogen-bond acceptors (Lipinski definition) is 5. The van der Waals surface area contributed by atoms with Crippen LogP contribution in [0.1, 0.15) is 18.2 Å². The van der Waals surface area contributed by atoms with Crippen LogP contribution in [0, 0.1) is 10.1 Å². The summed E-state index contributed by atoms with van der Waals surface area (Å²) in [5.41, 5.74) is 1.88. The van der Waals surface area contributed by atoms with Gasteiger partial charge in [0, 0.05) is 11.5 Å². The van der Waals surface area contributed by atoms with Crippen molar-refractivity contribution in [3.05, 3.63) is 68.3 Å². The molecule has 0 radical (unpaired) electrons. The van der Waals surface area contributed by atoms with Crippen LogP contribution in [-0.2, 0) is 0 Å². The number of nitro benzene ring substituents is 1. The zero-order chi connectivity index (χ0) is 19.4. The Morgan fingerprint density at radius 3 is 2.74 bits per heavy atom. The molecule has 0 bridgehead atoms. The van der Waals surface area contributed by atoms with E-state index in [-0.39, 0.29) is 5.69 Å². The third-order valence-corrected chi connectivity index (χ3v) is 4.49. The maximum Gasteiger partial charge on any atom is 0.295 e. The average molecular weight is 429 g/mol. The van der Waals surface area contributed by atoms with Crippen molar-refractivity contribution in [3.63, 3.8) is 0 Å². The molecule has 1 aromatic heterocycles. The molecule has 0 saturated carbocycles. The second-order valence-electron chi connectivity index (χ2n) is 5.64. The third kappa shape index (κ3) is 4.09. The summed E-state index contributed by atoms with van der Waals surface area (Å²) in [6.07, 6.45) is 3.68. The minimum atomic E-state index is -0.419. The van der Waals surface area contributed by atoms with Gasteiger partial charge in [0.1, 0.15) is 5.52 Å². The summed E-state index contributed by atoms with van der Waals surface area (Å²) in [6.45, 7) is 2.42. The Bertz CT molecular complexity index is 1030. The third-order valence-electron chi connectivity index (χ3n) is 3.90. The van der Waals surface area contributed by atoms with Crippen LogP contribution in [0.5, 0.6) is 11.5 Å². The second-order valence-corrected chi connectivity index (χ2v) is 6.50. The summed E-state index contributed by atoms with van der Waals surface area (Å²) in [5.74, 6) is 1.27. The zero-order valence-electron chi connectivity index (χ0n) is 14.8. The van der Waals surface area contributed by atoms with Crippen LogP contribution in [0.4, 0.5) is 5.69 Å². The number of non-ortho nitro benzene ring substituents is 1. The van der Waals surface area contributed by atoms with Gasteiger partial charge in [-0.2, -0.15) is 0 Å². The zero-order valence-corrected chi connectivity index (χ0v) is 16.4. The molecule has 6 nitrogen and oxygen atoms in total. The summed E-state index contributed by atoms with van der Waals surface area (Å²) in [5, 5.41) is 11.9. The maximum absolute atomic E-state index is 11.2. The van der Waals surface area contributed by atoms with E-state index in [1.54, 1.807) is 25.3 Å². The van der Waals surface area contributed by atoms with Crippen molar-refractivity contribution in [2.24, 2.45) is 0 Å². The fraction of sp³-hybridized carbons (Fsp3) is 0.150. The van der Waals surface area contributed by atoms with Crippen molar-refractivity contribution in [1.29, 1.82) is 0 Å². The number of pyridine rings is 1. The highest BCUT2D eigenvalue weighted by molar-refractivity contribution is 9.10. The summed E-state index contributed by atoms with van der Waals surface area (Å²) >= 11 is 3.48. The van der Waals surface area contributed by atoms with Crippen LogP contribution in [0.3, 0.4) is 0 Å². The summed E-state index contributed by atoms with van der Waals surface area (Å²) in [7, 11) is 1.59. The predicted molar refractivity (Wildman–Crippen MR) is 109 cm³/mol. The number of hydrogen-bond donors (Lipinski definition) is 0. The Labute approximate surface area is 164 Å². The highest BCUT2D eigenvalue weighted by Crippen LogP contribution is 2.37. The molecule has 0 unspecified atom stereocenters. The standard InChI is InChI=1S/C20H17BrN2O4/c1-3-27-18-12-13(11-16(21)20(18)26-2)7-9-15-10-8-14-5-4-6-17(23(24)25)19(14)22-15/h4-12H,3H2,1-2H3/b9-7+. The van der Waals surface area contributed by atoms with Gasteiger partial charge in [-0.3, -0.25) is 10.1 Å². The van der Waals surface area contributed by atoms with E-state index in [2.05, 4.69) is 20.9 Å². The molecule has 0 amide bonds. The second kappa shape index (κ2) is 8.18. The van der Waals surface area contributed by atoms with Crippen molar-refractivity contribution < 1.29 is 14.4 Å². The largest absolute Gasteiger partial charge is 0.492 e. The van der Waals surface area contributed by atoms with E-state index in [0.717, 1.165) is 15.4 Å². The molecule has 7 heteroatoms. The number of methoxy groups -OCH3 is 1. The molecule has 3 rings (SSSR count). The van der Waals surface area contributed by atoms with Gasteiger partial charge in [-0.05, 0) is 52.7 Å². The molecule has 0 aliphatic heterocycles. The first-order valence-electron chi connectivity index (χ1n) is 8.26. The van der Waals surface area contributed by atoms with Gasteiger partial charge in [-0.15, -0.1) is 0 Å². The van der Waals surface area contributed by atoms with Gasteiger partial charge in [0.15, 0.2) is 11.5 Å². The Hall–Kier alpha value is -2.93. The monoisotopic (exact) mass is 428 g/mol. The van der Waals surface area contributed by atoms with E-state index >= 15 is 0 Å².